The highest BCUT2D eigenvalue weighted by Crippen LogP contribution is 2.01. The number of amides is 1. The molecule has 0 aromatic carbocycles. The van der Waals surface area contributed by atoms with Crippen LogP contribution < -0.4 is 5.32 Å². The molecule has 0 fully saturated rings. The van der Waals surface area contributed by atoms with Crippen molar-refractivity contribution in [2.45, 2.75) is 52.9 Å². The molecule has 0 bridgehead atoms. The van der Waals surface area contributed by atoms with Gasteiger partial charge in [-0.1, -0.05) is 31.8 Å². The molecule has 0 aliphatic heterocycles. The number of rotatable bonds is 6. The van der Waals surface area contributed by atoms with Crippen molar-refractivity contribution in [3.8, 4) is 0 Å². The minimum atomic E-state index is 0.136. The van der Waals surface area contributed by atoms with Crippen molar-refractivity contribution in [1.29, 1.82) is 0 Å². The van der Waals surface area contributed by atoms with Crippen molar-refractivity contribution >= 4 is 5.91 Å². The van der Waals surface area contributed by atoms with Crippen LogP contribution in [0.15, 0.2) is 11.8 Å². The Morgan fingerprint density at radius 3 is 2.46 bits per heavy atom. The van der Waals surface area contributed by atoms with E-state index in [0.29, 0.717) is 6.42 Å². The standard InChI is InChI=1S/C11H21NO/c1-4-5-6-7-8-11(13)12-9-10(2)3/h9H,4-8H2,1-3H3,(H,12,13). The fourth-order valence-electron chi connectivity index (χ4n) is 1.01. The fraction of sp³-hybridized carbons (Fsp3) is 0.727. The van der Waals surface area contributed by atoms with E-state index in [9.17, 15) is 4.79 Å². The molecule has 76 valence electrons. The first-order valence-corrected chi connectivity index (χ1v) is 5.09. The lowest BCUT2D eigenvalue weighted by atomic mass is 10.1. The van der Waals surface area contributed by atoms with Gasteiger partial charge in [0, 0.05) is 12.6 Å². The zero-order valence-electron chi connectivity index (χ0n) is 9.02. The second-order valence-electron chi connectivity index (χ2n) is 3.60. The molecule has 0 spiro atoms. The van der Waals surface area contributed by atoms with Crippen LogP contribution in [0.2, 0.25) is 0 Å². The van der Waals surface area contributed by atoms with Crippen LogP contribution in [0.4, 0.5) is 0 Å². The number of carbonyl (C=O) groups is 1. The lowest BCUT2D eigenvalue weighted by Crippen LogP contribution is -2.16. The van der Waals surface area contributed by atoms with Gasteiger partial charge in [-0.15, -0.1) is 0 Å². The Labute approximate surface area is 81.4 Å². The van der Waals surface area contributed by atoms with Crippen LogP contribution in [-0.4, -0.2) is 5.91 Å². The minimum absolute atomic E-state index is 0.136. The Morgan fingerprint density at radius 1 is 1.23 bits per heavy atom. The number of unbranched alkanes of at least 4 members (excludes halogenated alkanes) is 3. The Bertz CT molecular complexity index is 169. The summed E-state index contributed by atoms with van der Waals surface area (Å²) in [5.74, 6) is 0.136. The van der Waals surface area contributed by atoms with Crippen LogP contribution in [0.1, 0.15) is 52.9 Å². The Kier molecular flexibility index (Phi) is 7.36. The molecule has 0 aliphatic rings. The quantitative estimate of drug-likeness (QED) is 0.630. The Balaban J connectivity index is 3.36. The van der Waals surface area contributed by atoms with E-state index in [0.717, 1.165) is 12.0 Å². The normalized spacial score (nSPS) is 9.46. The second-order valence-corrected chi connectivity index (χ2v) is 3.60. The van der Waals surface area contributed by atoms with Gasteiger partial charge >= 0.3 is 0 Å². The monoisotopic (exact) mass is 183 g/mol. The van der Waals surface area contributed by atoms with Crippen LogP contribution in [-0.2, 0) is 4.79 Å². The van der Waals surface area contributed by atoms with Gasteiger partial charge in [0.1, 0.15) is 0 Å². The Hall–Kier alpha value is -0.790. The molecule has 13 heavy (non-hydrogen) atoms. The number of carbonyl (C=O) groups excluding carboxylic acids is 1. The van der Waals surface area contributed by atoms with E-state index in [-0.39, 0.29) is 5.91 Å². The predicted octanol–water partition coefficient (Wildman–Crippen LogP) is 3.00. The van der Waals surface area contributed by atoms with Gasteiger partial charge < -0.3 is 5.32 Å². The zero-order chi connectivity index (χ0) is 10.1. The summed E-state index contributed by atoms with van der Waals surface area (Å²) >= 11 is 0. The first-order chi connectivity index (χ1) is 6.16. The lowest BCUT2D eigenvalue weighted by Gasteiger charge is -2.00. The van der Waals surface area contributed by atoms with Crippen LogP contribution >= 0.6 is 0 Å². The van der Waals surface area contributed by atoms with Crippen molar-refractivity contribution in [1.82, 2.24) is 5.32 Å². The van der Waals surface area contributed by atoms with Gasteiger partial charge in [-0.3, -0.25) is 4.79 Å². The van der Waals surface area contributed by atoms with Gasteiger partial charge in [-0.2, -0.15) is 0 Å². The smallest absolute Gasteiger partial charge is 0.223 e. The number of hydrogen-bond acceptors (Lipinski definition) is 1. The van der Waals surface area contributed by atoms with E-state index in [1.165, 1.54) is 19.3 Å². The van der Waals surface area contributed by atoms with E-state index < -0.39 is 0 Å². The predicted molar refractivity (Wildman–Crippen MR) is 56.3 cm³/mol. The third kappa shape index (κ3) is 9.12. The van der Waals surface area contributed by atoms with Gasteiger partial charge in [-0.25, -0.2) is 0 Å². The molecule has 0 saturated heterocycles. The van der Waals surface area contributed by atoms with E-state index in [4.69, 9.17) is 0 Å². The SMILES string of the molecule is CCCCCCC(=O)NC=C(C)C. The fourth-order valence-corrected chi connectivity index (χ4v) is 1.01. The summed E-state index contributed by atoms with van der Waals surface area (Å²) < 4.78 is 0. The highest BCUT2D eigenvalue weighted by atomic mass is 16.1. The van der Waals surface area contributed by atoms with Gasteiger partial charge in [-0.05, 0) is 20.3 Å². The van der Waals surface area contributed by atoms with Gasteiger partial charge in [0.25, 0.3) is 0 Å². The first kappa shape index (κ1) is 12.2. The first-order valence-electron chi connectivity index (χ1n) is 5.09. The molecule has 0 aliphatic carbocycles. The molecule has 0 aromatic heterocycles. The molecular formula is C11H21NO. The molecule has 0 saturated carbocycles. The summed E-state index contributed by atoms with van der Waals surface area (Å²) in [5, 5.41) is 2.76. The Morgan fingerprint density at radius 2 is 1.92 bits per heavy atom. The number of hydrogen-bond donors (Lipinski definition) is 1. The van der Waals surface area contributed by atoms with Crippen molar-refractivity contribution in [2.75, 3.05) is 0 Å². The molecule has 2 heteroatoms. The largest absolute Gasteiger partial charge is 0.333 e. The molecule has 1 N–H and O–H groups in total. The molecule has 2 nitrogen and oxygen atoms in total. The highest BCUT2D eigenvalue weighted by molar-refractivity contribution is 5.76. The molecule has 0 rings (SSSR count). The molecular weight excluding hydrogens is 162 g/mol. The lowest BCUT2D eigenvalue weighted by molar-refractivity contribution is -0.120. The third-order valence-corrected chi connectivity index (χ3v) is 1.78. The molecule has 0 heterocycles. The zero-order valence-corrected chi connectivity index (χ0v) is 9.02. The van der Waals surface area contributed by atoms with E-state index in [1.807, 2.05) is 13.8 Å². The number of allylic oxidation sites excluding steroid dienone is 1. The maximum absolute atomic E-state index is 11.2. The second kappa shape index (κ2) is 7.84. The van der Waals surface area contributed by atoms with Crippen LogP contribution in [0.3, 0.4) is 0 Å². The van der Waals surface area contributed by atoms with Crippen LogP contribution in [0.5, 0.6) is 0 Å². The van der Waals surface area contributed by atoms with E-state index >= 15 is 0 Å². The third-order valence-electron chi connectivity index (χ3n) is 1.78. The summed E-state index contributed by atoms with van der Waals surface area (Å²) in [5.41, 5.74) is 1.13. The summed E-state index contributed by atoms with van der Waals surface area (Å²) in [6.07, 6.45) is 7.05. The molecule has 0 aromatic rings. The van der Waals surface area contributed by atoms with Crippen molar-refractivity contribution < 1.29 is 4.79 Å². The molecule has 0 unspecified atom stereocenters. The van der Waals surface area contributed by atoms with Crippen LogP contribution in [0.25, 0.3) is 0 Å². The highest BCUT2D eigenvalue weighted by Gasteiger charge is 1.97. The topological polar surface area (TPSA) is 29.1 Å². The molecule has 0 atom stereocenters. The van der Waals surface area contributed by atoms with E-state index in [1.54, 1.807) is 6.20 Å². The summed E-state index contributed by atoms with van der Waals surface area (Å²) in [7, 11) is 0. The maximum Gasteiger partial charge on any atom is 0.223 e. The number of nitrogens with one attached hydrogen (secondary N) is 1. The van der Waals surface area contributed by atoms with E-state index in [2.05, 4.69) is 12.2 Å². The summed E-state index contributed by atoms with van der Waals surface area (Å²) in [6.45, 7) is 6.11. The average Bonchev–Trinajstić information content (AvgIpc) is 2.09. The van der Waals surface area contributed by atoms with Crippen LogP contribution in [0, 0.1) is 0 Å². The van der Waals surface area contributed by atoms with Gasteiger partial charge in [0.2, 0.25) is 5.91 Å². The van der Waals surface area contributed by atoms with Crippen molar-refractivity contribution in [3.05, 3.63) is 11.8 Å². The van der Waals surface area contributed by atoms with Crippen molar-refractivity contribution in [2.24, 2.45) is 0 Å². The molecule has 1 amide bonds. The van der Waals surface area contributed by atoms with Gasteiger partial charge in [0.05, 0.1) is 0 Å². The van der Waals surface area contributed by atoms with Gasteiger partial charge in [0.15, 0.2) is 0 Å². The summed E-state index contributed by atoms with van der Waals surface area (Å²) in [6, 6.07) is 0. The maximum atomic E-state index is 11.2. The average molecular weight is 183 g/mol. The van der Waals surface area contributed by atoms with Crippen molar-refractivity contribution in [3.63, 3.8) is 0 Å². The minimum Gasteiger partial charge on any atom is -0.333 e. The molecule has 0 radical (unpaired) electrons. The summed E-state index contributed by atoms with van der Waals surface area (Å²) in [4.78, 5) is 11.2.